The molecule has 0 aromatic carbocycles. The number of ether oxygens (including phenoxy) is 3. The highest BCUT2D eigenvalue weighted by Gasteiger charge is 2.19. The van der Waals surface area contributed by atoms with Crippen LogP contribution in [0.1, 0.15) is 342 Å². The number of carbonyl (C=O) groups excluding carboxylic acids is 3. The molecule has 0 aliphatic carbocycles. The van der Waals surface area contributed by atoms with E-state index in [0.717, 1.165) is 122 Å². The van der Waals surface area contributed by atoms with Gasteiger partial charge >= 0.3 is 17.9 Å². The Morgan fingerprint density at radius 2 is 0.470 bits per heavy atom. The molecule has 0 aromatic rings. The Hall–Kier alpha value is -3.93. The van der Waals surface area contributed by atoms with Crippen LogP contribution in [0, 0.1) is 0 Å². The van der Waals surface area contributed by atoms with Gasteiger partial charge in [-0.15, -0.1) is 0 Å². The standard InChI is InChI=1S/C77H132O6/c1-4-7-10-13-16-19-22-25-28-31-34-37-38-41-43-46-49-52-55-58-61-64-67-70-76(79)82-73-74(83-77(80)71-68-65-62-59-56-53-50-47-44-40-36-33-30-27-24-21-18-15-12-9-6-3)72-81-75(78)69-66-63-60-57-54-51-48-45-42-39-35-32-29-26-23-20-17-14-11-8-5-2/h8-9,11-12,17-18,20-21,26-27,29-31,34-36,39-40,74H,4-7,10,13-16,19,22-25,28,32-33,37-38,41-73H2,1-3H3/b11-8-,12-9-,20-17-,21-18-,29-26-,30-27-,34-31-,39-35-,40-36-. The van der Waals surface area contributed by atoms with Crippen LogP contribution in [0.5, 0.6) is 0 Å². The lowest BCUT2D eigenvalue weighted by Gasteiger charge is -2.18. The number of hydrogen-bond acceptors (Lipinski definition) is 6. The average Bonchev–Trinajstić information content (AvgIpc) is 3.49. The van der Waals surface area contributed by atoms with Crippen LogP contribution >= 0.6 is 0 Å². The van der Waals surface area contributed by atoms with E-state index in [2.05, 4.69) is 130 Å². The van der Waals surface area contributed by atoms with Crippen molar-refractivity contribution in [3.8, 4) is 0 Å². The van der Waals surface area contributed by atoms with Crippen LogP contribution in [-0.4, -0.2) is 37.2 Å². The van der Waals surface area contributed by atoms with Crippen LogP contribution in [0.15, 0.2) is 109 Å². The summed E-state index contributed by atoms with van der Waals surface area (Å²) in [5.41, 5.74) is 0. The fraction of sp³-hybridized carbons (Fsp3) is 0.727. The topological polar surface area (TPSA) is 78.9 Å². The second kappa shape index (κ2) is 70.6. The quantitative estimate of drug-likeness (QED) is 0.0261. The maximum Gasteiger partial charge on any atom is 0.306 e. The van der Waals surface area contributed by atoms with E-state index in [4.69, 9.17) is 14.2 Å². The van der Waals surface area contributed by atoms with E-state index in [1.54, 1.807) is 0 Å². The predicted octanol–water partition coefficient (Wildman–Crippen LogP) is 24.6. The van der Waals surface area contributed by atoms with Crippen molar-refractivity contribution in [1.29, 1.82) is 0 Å². The van der Waals surface area contributed by atoms with Crippen molar-refractivity contribution < 1.29 is 28.6 Å². The Morgan fingerprint density at radius 3 is 0.747 bits per heavy atom. The molecule has 0 saturated carbocycles. The number of carbonyl (C=O) groups is 3. The summed E-state index contributed by atoms with van der Waals surface area (Å²) in [5.74, 6) is -0.887. The monoisotopic (exact) mass is 1150 g/mol. The van der Waals surface area contributed by atoms with Gasteiger partial charge in [0.15, 0.2) is 6.10 Å². The third kappa shape index (κ3) is 68.7. The van der Waals surface area contributed by atoms with Gasteiger partial charge in [0.05, 0.1) is 0 Å². The summed E-state index contributed by atoms with van der Waals surface area (Å²) in [6.07, 6.45) is 96.7. The van der Waals surface area contributed by atoms with Crippen LogP contribution in [0.2, 0.25) is 0 Å². The molecule has 0 heterocycles. The molecule has 0 aliphatic heterocycles. The van der Waals surface area contributed by atoms with E-state index in [-0.39, 0.29) is 31.1 Å². The lowest BCUT2D eigenvalue weighted by atomic mass is 10.0. The van der Waals surface area contributed by atoms with Crippen molar-refractivity contribution in [2.75, 3.05) is 13.2 Å². The van der Waals surface area contributed by atoms with Gasteiger partial charge in [-0.2, -0.15) is 0 Å². The van der Waals surface area contributed by atoms with Gasteiger partial charge in [-0.3, -0.25) is 14.4 Å². The fourth-order valence-corrected chi connectivity index (χ4v) is 10.0. The fourth-order valence-electron chi connectivity index (χ4n) is 10.0. The van der Waals surface area contributed by atoms with Crippen molar-refractivity contribution in [2.45, 2.75) is 348 Å². The van der Waals surface area contributed by atoms with Gasteiger partial charge in [0.1, 0.15) is 13.2 Å². The van der Waals surface area contributed by atoms with Crippen molar-refractivity contribution in [3.63, 3.8) is 0 Å². The Labute approximate surface area is 514 Å². The summed E-state index contributed by atoms with van der Waals surface area (Å²) >= 11 is 0. The Kier molecular flexibility index (Phi) is 67.2. The maximum atomic E-state index is 13.0. The minimum atomic E-state index is -0.791. The maximum absolute atomic E-state index is 13.0. The molecule has 6 heteroatoms. The normalized spacial score (nSPS) is 12.8. The van der Waals surface area contributed by atoms with Gasteiger partial charge in [-0.05, 0) is 122 Å². The highest BCUT2D eigenvalue weighted by atomic mass is 16.6. The first-order valence-electron chi connectivity index (χ1n) is 35.4. The molecule has 0 radical (unpaired) electrons. The molecule has 0 aromatic heterocycles. The number of esters is 3. The number of hydrogen-bond donors (Lipinski definition) is 0. The zero-order chi connectivity index (χ0) is 59.9. The Balaban J connectivity index is 4.40. The minimum Gasteiger partial charge on any atom is -0.462 e. The highest BCUT2D eigenvalue weighted by Crippen LogP contribution is 2.17. The van der Waals surface area contributed by atoms with E-state index in [9.17, 15) is 14.4 Å². The zero-order valence-corrected chi connectivity index (χ0v) is 54.7. The van der Waals surface area contributed by atoms with Crippen molar-refractivity contribution in [1.82, 2.24) is 0 Å². The molecule has 1 unspecified atom stereocenters. The van der Waals surface area contributed by atoms with E-state index >= 15 is 0 Å². The summed E-state index contributed by atoms with van der Waals surface area (Å²) in [6, 6.07) is 0. The SMILES string of the molecule is CC/C=C\C/C=C\C/C=C\C/C=C\CCCCCCCCCCC(=O)OCC(COC(=O)CCCCCCCCCCCCC/C=C\CCCCCCCCCC)OC(=O)CCCCCCCCCC/C=C\C/C=C\C/C=C\C/C=C\CC. The van der Waals surface area contributed by atoms with Gasteiger partial charge in [-0.25, -0.2) is 0 Å². The number of allylic oxidation sites excluding steroid dienone is 18. The van der Waals surface area contributed by atoms with Crippen molar-refractivity contribution >= 4 is 17.9 Å². The lowest BCUT2D eigenvalue weighted by Crippen LogP contribution is -2.30. The van der Waals surface area contributed by atoms with Gasteiger partial charge in [0.25, 0.3) is 0 Å². The first-order valence-corrected chi connectivity index (χ1v) is 35.4. The Bertz CT molecular complexity index is 1660. The van der Waals surface area contributed by atoms with Gasteiger partial charge in [-0.1, -0.05) is 310 Å². The average molecular weight is 1150 g/mol. The summed E-state index contributed by atoms with van der Waals surface area (Å²) in [5, 5.41) is 0. The number of unbranched alkanes of at least 4 members (excludes halogenated alkanes) is 35. The largest absolute Gasteiger partial charge is 0.462 e. The molecule has 0 rings (SSSR count). The molecule has 0 fully saturated rings. The zero-order valence-electron chi connectivity index (χ0n) is 54.7. The van der Waals surface area contributed by atoms with Crippen LogP contribution in [0.4, 0.5) is 0 Å². The number of rotatable bonds is 64. The van der Waals surface area contributed by atoms with Crippen LogP contribution in [0.3, 0.4) is 0 Å². The molecule has 1 atom stereocenters. The summed E-state index contributed by atoms with van der Waals surface area (Å²) < 4.78 is 17.0. The predicted molar refractivity (Wildman–Crippen MR) is 362 cm³/mol. The minimum absolute atomic E-state index is 0.0837. The Morgan fingerprint density at radius 1 is 0.253 bits per heavy atom. The molecule has 0 bridgehead atoms. The van der Waals surface area contributed by atoms with Crippen molar-refractivity contribution in [3.05, 3.63) is 109 Å². The molecule has 0 N–H and O–H groups in total. The molecular formula is C77H132O6. The molecule has 0 aliphatic rings. The molecule has 0 spiro atoms. The molecule has 0 amide bonds. The molecule has 0 saturated heterocycles. The summed E-state index contributed by atoms with van der Waals surface area (Å²) in [6.45, 7) is 6.44. The summed E-state index contributed by atoms with van der Waals surface area (Å²) in [4.78, 5) is 38.5. The van der Waals surface area contributed by atoms with Gasteiger partial charge in [0, 0.05) is 19.3 Å². The van der Waals surface area contributed by atoms with Crippen LogP contribution in [0.25, 0.3) is 0 Å². The molecule has 476 valence electrons. The van der Waals surface area contributed by atoms with E-state index < -0.39 is 6.10 Å². The smallest absolute Gasteiger partial charge is 0.306 e. The molecule has 83 heavy (non-hydrogen) atoms. The van der Waals surface area contributed by atoms with Crippen LogP contribution in [-0.2, 0) is 28.6 Å². The first-order chi connectivity index (χ1) is 41.0. The highest BCUT2D eigenvalue weighted by molar-refractivity contribution is 5.71. The van der Waals surface area contributed by atoms with Gasteiger partial charge in [0.2, 0.25) is 0 Å². The lowest BCUT2D eigenvalue weighted by molar-refractivity contribution is -0.167. The van der Waals surface area contributed by atoms with Crippen LogP contribution < -0.4 is 0 Å². The van der Waals surface area contributed by atoms with E-state index in [1.807, 2.05) is 0 Å². The second-order valence-electron chi connectivity index (χ2n) is 23.4. The van der Waals surface area contributed by atoms with Gasteiger partial charge < -0.3 is 14.2 Å². The molecule has 6 nitrogen and oxygen atoms in total. The third-order valence-electron chi connectivity index (χ3n) is 15.2. The third-order valence-corrected chi connectivity index (χ3v) is 15.2. The summed E-state index contributed by atoms with van der Waals surface area (Å²) in [7, 11) is 0. The first kappa shape index (κ1) is 79.1. The van der Waals surface area contributed by atoms with Crippen molar-refractivity contribution in [2.24, 2.45) is 0 Å². The van der Waals surface area contributed by atoms with E-state index in [0.29, 0.717) is 19.3 Å². The van der Waals surface area contributed by atoms with E-state index in [1.165, 1.54) is 180 Å². The second-order valence-corrected chi connectivity index (χ2v) is 23.4. The molecular weight excluding hydrogens is 1020 g/mol.